The molecule has 1 aliphatic carbocycles. The first-order valence-corrected chi connectivity index (χ1v) is 13.3. The van der Waals surface area contributed by atoms with Crippen LogP contribution in [0.1, 0.15) is 71.4 Å². The van der Waals surface area contributed by atoms with Gasteiger partial charge in [0.15, 0.2) is 8.32 Å². The van der Waals surface area contributed by atoms with Crippen LogP contribution in [0, 0.1) is 11.3 Å². The first kappa shape index (κ1) is 20.5. The van der Waals surface area contributed by atoms with Gasteiger partial charge in [-0.15, -0.1) is 0 Å². The summed E-state index contributed by atoms with van der Waals surface area (Å²) in [4.78, 5) is 4.78. The zero-order valence-corrected chi connectivity index (χ0v) is 19.5. The van der Waals surface area contributed by atoms with Gasteiger partial charge in [-0.05, 0) is 71.5 Å². The Morgan fingerprint density at radius 3 is 2.33 bits per heavy atom. The van der Waals surface area contributed by atoms with E-state index in [1.165, 1.54) is 34.9 Å². The fraction of sp³-hybridized carbons (Fsp3) is 0.625. The number of benzene rings is 1. The van der Waals surface area contributed by atoms with Crippen LogP contribution in [0.15, 0.2) is 30.5 Å². The van der Waals surface area contributed by atoms with E-state index in [0.717, 1.165) is 5.92 Å². The van der Waals surface area contributed by atoms with Gasteiger partial charge in [0.25, 0.3) is 0 Å². The smallest absolute Gasteiger partial charge is 0.192 e. The number of nitrogens with zero attached hydrogens (tertiary/aromatic N) is 1. The van der Waals surface area contributed by atoms with Crippen molar-refractivity contribution in [2.24, 2.45) is 11.3 Å². The van der Waals surface area contributed by atoms with Gasteiger partial charge in [0.05, 0.1) is 12.1 Å². The van der Waals surface area contributed by atoms with Gasteiger partial charge >= 0.3 is 0 Å². The van der Waals surface area contributed by atoms with E-state index in [2.05, 4.69) is 72.8 Å². The summed E-state index contributed by atoms with van der Waals surface area (Å²) in [6, 6.07) is 8.93. The first-order chi connectivity index (χ1) is 12.4. The highest BCUT2D eigenvalue weighted by Gasteiger charge is 2.41. The fourth-order valence-electron chi connectivity index (χ4n) is 3.94. The summed E-state index contributed by atoms with van der Waals surface area (Å²) >= 11 is 0. The monoisotopic (exact) mass is 383 g/mol. The summed E-state index contributed by atoms with van der Waals surface area (Å²) in [5, 5.41) is 1.48. The second-order valence-corrected chi connectivity index (χ2v) is 15.8. The molecule has 1 aromatic carbocycles. The van der Waals surface area contributed by atoms with Gasteiger partial charge in [-0.1, -0.05) is 53.7 Å². The third kappa shape index (κ3) is 4.46. The van der Waals surface area contributed by atoms with Crippen LogP contribution in [0.3, 0.4) is 0 Å². The Balaban J connectivity index is 2.01. The van der Waals surface area contributed by atoms with E-state index in [9.17, 15) is 0 Å². The lowest BCUT2D eigenvalue weighted by Crippen LogP contribution is -2.40. The van der Waals surface area contributed by atoms with Crippen molar-refractivity contribution in [3.8, 4) is 0 Å². The van der Waals surface area contributed by atoms with Gasteiger partial charge in [-0.2, -0.15) is 0 Å². The molecule has 148 valence electrons. The third-order valence-electron chi connectivity index (χ3n) is 6.56. The van der Waals surface area contributed by atoms with Gasteiger partial charge in [0.1, 0.15) is 0 Å². The quantitative estimate of drug-likeness (QED) is 0.505. The summed E-state index contributed by atoms with van der Waals surface area (Å²) in [6.07, 6.45) is 4.63. The summed E-state index contributed by atoms with van der Waals surface area (Å²) in [5.41, 5.74) is 4.15. The molecule has 3 heteroatoms. The van der Waals surface area contributed by atoms with Gasteiger partial charge in [0, 0.05) is 11.6 Å². The fourth-order valence-corrected chi connectivity index (χ4v) is 4.90. The largest absolute Gasteiger partial charge is 0.413 e. The Kier molecular flexibility index (Phi) is 5.33. The van der Waals surface area contributed by atoms with E-state index in [1.807, 2.05) is 12.3 Å². The normalized spacial score (nSPS) is 17.3. The van der Waals surface area contributed by atoms with Crippen LogP contribution >= 0.6 is 0 Å². The first-order valence-electron chi connectivity index (χ1n) is 10.4. The van der Waals surface area contributed by atoms with Crippen LogP contribution in [0.4, 0.5) is 0 Å². The maximum absolute atomic E-state index is 6.54. The molecule has 0 amide bonds. The topological polar surface area (TPSA) is 22.1 Å². The molecule has 1 fully saturated rings. The molecule has 0 radical (unpaired) electrons. The minimum Gasteiger partial charge on any atom is -0.413 e. The molecule has 1 heterocycles. The van der Waals surface area contributed by atoms with Gasteiger partial charge in [0.2, 0.25) is 0 Å². The SMILES string of the molecule is CC(C)(C)C(c1cc(CO[Si](C)(C)C(C)(C)C)cc2cccnc12)C1CC1. The molecule has 0 spiro atoms. The van der Waals surface area contributed by atoms with Crippen molar-refractivity contribution in [3.63, 3.8) is 0 Å². The van der Waals surface area contributed by atoms with Crippen molar-refractivity contribution < 1.29 is 4.43 Å². The number of rotatable bonds is 5. The predicted molar refractivity (Wildman–Crippen MR) is 119 cm³/mol. The number of hydrogen-bond acceptors (Lipinski definition) is 2. The highest BCUT2D eigenvalue weighted by atomic mass is 28.4. The second kappa shape index (κ2) is 7.00. The van der Waals surface area contributed by atoms with Crippen LogP contribution in [0.5, 0.6) is 0 Å². The maximum atomic E-state index is 6.54. The van der Waals surface area contributed by atoms with Crippen LogP contribution < -0.4 is 0 Å². The molecule has 1 aliphatic rings. The lowest BCUT2D eigenvalue weighted by atomic mass is 9.72. The molecular weight excluding hydrogens is 346 g/mol. The molecule has 2 aromatic rings. The molecule has 0 bridgehead atoms. The molecule has 27 heavy (non-hydrogen) atoms. The van der Waals surface area contributed by atoms with Crippen LogP contribution in [0.2, 0.25) is 18.1 Å². The van der Waals surface area contributed by atoms with E-state index < -0.39 is 8.32 Å². The number of hydrogen-bond donors (Lipinski definition) is 0. The minimum atomic E-state index is -1.76. The lowest BCUT2D eigenvalue weighted by Gasteiger charge is -2.36. The lowest BCUT2D eigenvalue weighted by molar-refractivity contribution is 0.274. The number of pyridine rings is 1. The Labute approximate surface area is 166 Å². The zero-order chi connectivity index (χ0) is 20.0. The average molecular weight is 384 g/mol. The molecule has 1 aromatic heterocycles. The summed E-state index contributed by atoms with van der Waals surface area (Å²) < 4.78 is 6.54. The van der Waals surface area contributed by atoms with Crippen molar-refractivity contribution in [2.45, 2.75) is 85.0 Å². The van der Waals surface area contributed by atoms with Crippen LogP contribution in [-0.2, 0) is 11.0 Å². The van der Waals surface area contributed by atoms with Crippen molar-refractivity contribution >= 4 is 19.2 Å². The van der Waals surface area contributed by atoms with Crippen molar-refractivity contribution in [3.05, 3.63) is 41.6 Å². The highest BCUT2D eigenvalue weighted by Crippen LogP contribution is 2.52. The molecular formula is C24H37NOSi. The van der Waals surface area contributed by atoms with E-state index in [1.54, 1.807) is 0 Å². The molecule has 0 saturated heterocycles. The Morgan fingerprint density at radius 1 is 1.11 bits per heavy atom. The zero-order valence-electron chi connectivity index (χ0n) is 18.5. The van der Waals surface area contributed by atoms with Gasteiger partial charge in [-0.3, -0.25) is 4.98 Å². The van der Waals surface area contributed by atoms with E-state index in [-0.39, 0.29) is 10.5 Å². The Bertz CT molecular complexity index is 809. The second-order valence-electron chi connectivity index (χ2n) is 11.0. The molecule has 3 rings (SSSR count). The summed E-state index contributed by atoms with van der Waals surface area (Å²) in [6.45, 7) is 19.4. The highest BCUT2D eigenvalue weighted by molar-refractivity contribution is 6.74. The minimum absolute atomic E-state index is 0.232. The third-order valence-corrected chi connectivity index (χ3v) is 11.0. The van der Waals surface area contributed by atoms with Crippen molar-refractivity contribution in [1.82, 2.24) is 4.98 Å². The number of fused-ring (bicyclic) bond motifs is 1. The van der Waals surface area contributed by atoms with Gasteiger partial charge in [-0.25, -0.2) is 0 Å². The van der Waals surface area contributed by atoms with Gasteiger partial charge < -0.3 is 4.43 Å². The Hall–Kier alpha value is -1.19. The number of aromatic nitrogens is 1. The van der Waals surface area contributed by atoms with Crippen LogP contribution in [0.25, 0.3) is 10.9 Å². The van der Waals surface area contributed by atoms with E-state index in [4.69, 9.17) is 9.41 Å². The molecule has 2 nitrogen and oxygen atoms in total. The van der Waals surface area contributed by atoms with Crippen molar-refractivity contribution in [1.29, 1.82) is 0 Å². The molecule has 1 atom stereocenters. The average Bonchev–Trinajstić information content (AvgIpc) is 3.35. The molecule has 0 N–H and O–H groups in total. The molecule has 1 saturated carbocycles. The van der Waals surface area contributed by atoms with Crippen LogP contribution in [-0.4, -0.2) is 13.3 Å². The predicted octanol–water partition coefficient (Wildman–Crippen LogP) is 7.30. The standard InChI is InChI=1S/C24H37NOSi/c1-23(2,3)21(18-11-12-18)20-15-17(14-19-10-9-13-25-22(19)20)16-26-27(7,8)24(4,5)6/h9-10,13-15,18,21H,11-12,16H2,1-8H3. The summed E-state index contributed by atoms with van der Waals surface area (Å²) in [7, 11) is -1.76. The van der Waals surface area contributed by atoms with E-state index in [0.29, 0.717) is 12.5 Å². The maximum Gasteiger partial charge on any atom is 0.192 e. The van der Waals surface area contributed by atoms with E-state index >= 15 is 0 Å². The summed E-state index contributed by atoms with van der Waals surface area (Å²) in [5.74, 6) is 1.36. The van der Waals surface area contributed by atoms with Crippen molar-refractivity contribution in [2.75, 3.05) is 0 Å². The molecule has 1 unspecified atom stereocenters. The molecule has 0 aliphatic heterocycles. The Morgan fingerprint density at radius 2 is 1.78 bits per heavy atom.